The van der Waals surface area contributed by atoms with E-state index >= 15 is 0 Å². The number of carbonyl (C=O) groups excluding carboxylic acids is 1. The molecule has 0 atom stereocenters. The highest BCUT2D eigenvalue weighted by Gasteiger charge is 2.08. The molecular weight excluding hydrogens is 500 g/mol. The first-order valence-corrected chi connectivity index (χ1v) is 16.0. The Morgan fingerprint density at radius 2 is 1.51 bits per heavy atom. The predicted molar refractivity (Wildman–Crippen MR) is 165 cm³/mol. The highest BCUT2D eigenvalue weighted by molar-refractivity contribution is 7.09. The Morgan fingerprint density at radius 3 is 2.15 bits per heavy atom. The number of ether oxygens (including phenoxy) is 1. The maximum Gasteiger partial charge on any atom is 0.225 e. The van der Waals surface area contributed by atoms with Gasteiger partial charge in [-0.1, -0.05) is 113 Å². The van der Waals surface area contributed by atoms with Gasteiger partial charge in [-0.2, -0.15) is 4.57 Å². The van der Waals surface area contributed by atoms with Gasteiger partial charge in [-0.15, -0.1) is 0 Å². The van der Waals surface area contributed by atoms with Crippen LogP contribution in [0.1, 0.15) is 106 Å². The van der Waals surface area contributed by atoms with E-state index in [-0.39, 0.29) is 5.91 Å². The van der Waals surface area contributed by atoms with Crippen LogP contribution in [0.3, 0.4) is 0 Å². The highest BCUT2D eigenvalue weighted by Crippen LogP contribution is 2.17. The number of nitrogens with one attached hydrogen (secondary N) is 1. The summed E-state index contributed by atoms with van der Waals surface area (Å²) in [5, 5.41) is 3.05. The van der Waals surface area contributed by atoms with E-state index in [0.29, 0.717) is 12.8 Å². The van der Waals surface area contributed by atoms with Gasteiger partial charge in [-0.25, -0.2) is 0 Å². The number of nitrogens with zero attached hydrogens (tertiary/aromatic N) is 1. The van der Waals surface area contributed by atoms with Gasteiger partial charge in [0.25, 0.3) is 0 Å². The Morgan fingerprint density at radius 1 is 0.846 bits per heavy atom. The zero-order valence-corrected chi connectivity index (χ0v) is 25.1. The third-order valence-corrected chi connectivity index (χ3v) is 7.98. The van der Waals surface area contributed by atoms with Gasteiger partial charge in [0.15, 0.2) is 12.7 Å². The summed E-state index contributed by atoms with van der Waals surface area (Å²) >= 11 is 1.74. The molecular formula is C34H49N2O2S+. The fraction of sp³-hybridized carbons (Fsp3) is 0.529. The van der Waals surface area contributed by atoms with Crippen molar-refractivity contribution in [1.82, 2.24) is 0 Å². The van der Waals surface area contributed by atoms with Gasteiger partial charge in [0.05, 0.1) is 11.5 Å². The number of thiazole rings is 1. The summed E-state index contributed by atoms with van der Waals surface area (Å²) in [6.45, 7) is 5.98. The van der Waals surface area contributed by atoms with Crippen LogP contribution in [0.15, 0.2) is 60.2 Å². The van der Waals surface area contributed by atoms with Crippen LogP contribution in [0.5, 0.6) is 5.75 Å². The number of amides is 1. The van der Waals surface area contributed by atoms with E-state index in [0.717, 1.165) is 36.6 Å². The number of aryl methyl sites for hydroxylation is 2. The second kappa shape index (κ2) is 18.6. The maximum absolute atomic E-state index is 12.5. The molecule has 0 unspecified atom stereocenters. The molecule has 3 rings (SSSR count). The monoisotopic (exact) mass is 549 g/mol. The SMILES string of the molecule is CCCCCCCCCCCCCCOc1ccc(CCC(=O)Nc2cccc(C[n+]3csc(C)c3)c2)cc1. The molecule has 0 aliphatic heterocycles. The molecule has 0 saturated heterocycles. The molecule has 1 amide bonds. The maximum atomic E-state index is 12.5. The molecule has 0 radical (unpaired) electrons. The highest BCUT2D eigenvalue weighted by atomic mass is 32.1. The lowest BCUT2D eigenvalue weighted by atomic mass is 10.1. The smallest absolute Gasteiger partial charge is 0.225 e. The van der Waals surface area contributed by atoms with Crippen LogP contribution in [0.25, 0.3) is 0 Å². The first-order valence-electron chi connectivity index (χ1n) is 15.2. The molecule has 5 heteroatoms. The van der Waals surface area contributed by atoms with Crippen molar-refractivity contribution in [3.8, 4) is 5.75 Å². The van der Waals surface area contributed by atoms with Crippen LogP contribution >= 0.6 is 11.3 Å². The van der Waals surface area contributed by atoms with E-state index < -0.39 is 0 Å². The summed E-state index contributed by atoms with van der Waals surface area (Å²) < 4.78 is 8.11. The fourth-order valence-corrected chi connectivity index (χ4v) is 5.49. The molecule has 0 aliphatic rings. The zero-order chi connectivity index (χ0) is 27.5. The topological polar surface area (TPSA) is 42.2 Å². The second-order valence-corrected chi connectivity index (χ2v) is 11.9. The molecule has 1 aromatic heterocycles. The lowest BCUT2D eigenvalue weighted by Crippen LogP contribution is -2.30. The number of carbonyl (C=O) groups is 1. The van der Waals surface area contributed by atoms with Gasteiger partial charge in [-0.3, -0.25) is 4.79 Å². The Balaban J connectivity index is 1.23. The molecule has 0 spiro atoms. The van der Waals surface area contributed by atoms with E-state index in [4.69, 9.17) is 4.74 Å². The van der Waals surface area contributed by atoms with Crippen molar-refractivity contribution >= 4 is 22.9 Å². The van der Waals surface area contributed by atoms with Gasteiger partial charge < -0.3 is 10.1 Å². The van der Waals surface area contributed by atoms with Crippen LogP contribution in [0, 0.1) is 6.92 Å². The van der Waals surface area contributed by atoms with Crippen molar-refractivity contribution < 1.29 is 14.1 Å². The predicted octanol–water partition coefficient (Wildman–Crippen LogP) is 9.04. The molecule has 4 nitrogen and oxygen atoms in total. The molecule has 0 fully saturated rings. The Bertz CT molecular complexity index is 1080. The molecule has 212 valence electrons. The number of anilines is 1. The minimum absolute atomic E-state index is 0.0403. The molecule has 39 heavy (non-hydrogen) atoms. The van der Waals surface area contributed by atoms with E-state index in [1.54, 1.807) is 11.3 Å². The van der Waals surface area contributed by atoms with Crippen LogP contribution in [-0.2, 0) is 17.8 Å². The minimum Gasteiger partial charge on any atom is -0.494 e. The van der Waals surface area contributed by atoms with Crippen molar-refractivity contribution in [2.24, 2.45) is 0 Å². The summed E-state index contributed by atoms with van der Waals surface area (Å²) in [6, 6.07) is 16.3. The van der Waals surface area contributed by atoms with Crippen LogP contribution in [0.4, 0.5) is 5.69 Å². The molecule has 2 aromatic carbocycles. The van der Waals surface area contributed by atoms with Gasteiger partial charge in [0, 0.05) is 17.7 Å². The number of aromatic nitrogens is 1. The molecule has 3 aromatic rings. The average molecular weight is 550 g/mol. The first kappa shape index (κ1) is 30.9. The first-order chi connectivity index (χ1) is 19.1. The Kier molecular flexibility index (Phi) is 14.7. The average Bonchev–Trinajstić information content (AvgIpc) is 3.35. The lowest BCUT2D eigenvalue weighted by molar-refractivity contribution is -0.683. The number of hydrogen-bond acceptors (Lipinski definition) is 3. The number of rotatable bonds is 20. The number of unbranched alkanes of at least 4 members (excludes halogenated alkanes) is 11. The Labute approximate surface area is 240 Å². The zero-order valence-electron chi connectivity index (χ0n) is 24.3. The Hall–Kier alpha value is -2.66. The van der Waals surface area contributed by atoms with Crippen molar-refractivity contribution in [2.45, 2.75) is 110 Å². The van der Waals surface area contributed by atoms with Crippen molar-refractivity contribution in [2.75, 3.05) is 11.9 Å². The summed E-state index contributed by atoms with van der Waals surface area (Å²) in [5.41, 5.74) is 5.30. The molecule has 0 saturated carbocycles. The number of benzene rings is 2. The van der Waals surface area contributed by atoms with E-state index in [9.17, 15) is 4.79 Å². The van der Waals surface area contributed by atoms with Gasteiger partial charge in [-0.05, 0) is 49.6 Å². The summed E-state index contributed by atoms with van der Waals surface area (Å²) in [5.74, 6) is 0.959. The fourth-order valence-electron chi connectivity index (χ4n) is 4.85. The van der Waals surface area contributed by atoms with Gasteiger partial charge in [0.1, 0.15) is 5.75 Å². The summed E-state index contributed by atoms with van der Waals surface area (Å²) in [7, 11) is 0. The molecule has 0 bridgehead atoms. The van der Waals surface area contributed by atoms with Crippen molar-refractivity contribution in [1.29, 1.82) is 0 Å². The van der Waals surface area contributed by atoms with E-state index in [1.807, 2.05) is 24.3 Å². The molecule has 0 aliphatic carbocycles. The second-order valence-electron chi connectivity index (χ2n) is 10.8. The summed E-state index contributed by atoms with van der Waals surface area (Å²) in [4.78, 5) is 13.8. The van der Waals surface area contributed by atoms with E-state index in [2.05, 4.69) is 59.7 Å². The van der Waals surface area contributed by atoms with Crippen LogP contribution in [-0.4, -0.2) is 12.5 Å². The lowest BCUT2D eigenvalue weighted by Gasteiger charge is -2.08. The third kappa shape index (κ3) is 13.3. The standard InChI is InChI=1S/C34H48N2O2S/c1-3-4-5-6-7-8-9-10-11-12-13-14-24-38-33-21-18-30(19-22-33)20-23-34(37)35-32-17-15-16-31(25-32)27-36-26-29(2)39-28-36/h15-19,21-22,25-26,28H,3-14,20,23-24,27H2,1-2H3/p+1. The number of hydrogen-bond donors (Lipinski definition) is 1. The van der Waals surface area contributed by atoms with Gasteiger partial charge >= 0.3 is 0 Å². The molecule has 1 heterocycles. The van der Waals surface area contributed by atoms with Gasteiger partial charge in [0.2, 0.25) is 11.4 Å². The minimum atomic E-state index is 0.0403. The normalized spacial score (nSPS) is 11.0. The van der Waals surface area contributed by atoms with E-state index in [1.165, 1.54) is 81.1 Å². The van der Waals surface area contributed by atoms with Crippen molar-refractivity contribution in [3.63, 3.8) is 0 Å². The third-order valence-electron chi connectivity index (χ3n) is 7.13. The molecule has 1 N–H and O–H groups in total. The van der Waals surface area contributed by atoms with Crippen LogP contribution in [0.2, 0.25) is 0 Å². The van der Waals surface area contributed by atoms with Crippen LogP contribution < -0.4 is 14.6 Å². The largest absolute Gasteiger partial charge is 0.494 e. The summed E-state index contributed by atoms with van der Waals surface area (Å²) in [6.07, 6.45) is 19.6. The quantitative estimate of drug-likeness (QED) is 0.113. The van der Waals surface area contributed by atoms with Crippen molar-refractivity contribution in [3.05, 3.63) is 76.2 Å².